The van der Waals surface area contributed by atoms with E-state index in [-0.39, 0.29) is 17.9 Å². The number of aromatic nitrogens is 2. The minimum Gasteiger partial charge on any atom is -0.334 e. The Hall–Kier alpha value is -3.15. The van der Waals surface area contributed by atoms with E-state index in [1.807, 2.05) is 39.9 Å². The van der Waals surface area contributed by atoms with Crippen molar-refractivity contribution in [2.24, 2.45) is 0 Å². The van der Waals surface area contributed by atoms with Gasteiger partial charge in [-0.15, -0.1) is 0 Å². The summed E-state index contributed by atoms with van der Waals surface area (Å²) in [5, 5.41) is 3.03. The molecular formula is C21H21FN4O. The standard InChI is InChI=1S/C21H21FN4O/c22-18-7-5-16(6-8-18)14-26(19-9-10-19)21(27)24-13-17-3-1-2-4-20(17)25-12-11-23-15-25/h1-8,11-12,15,19H,9-10,13-14H2,(H,24,27). The molecule has 0 unspecified atom stereocenters. The molecule has 1 aromatic heterocycles. The van der Waals surface area contributed by atoms with Gasteiger partial charge in [0.1, 0.15) is 5.82 Å². The van der Waals surface area contributed by atoms with Crippen LogP contribution < -0.4 is 5.32 Å². The Labute approximate surface area is 157 Å². The van der Waals surface area contributed by atoms with E-state index in [1.54, 1.807) is 24.7 Å². The number of nitrogens with zero attached hydrogens (tertiary/aromatic N) is 3. The van der Waals surface area contributed by atoms with E-state index in [1.165, 1.54) is 12.1 Å². The molecule has 4 rings (SSSR count). The molecule has 2 amide bonds. The van der Waals surface area contributed by atoms with Crippen molar-refractivity contribution in [2.75, 3.05) is 0 Å². The van der Waals surface area contributed by atoms with Crippen molar-refractivity contribution < 1.29 is 9.18 Å². The van der Waals surface area contributed by atoms with E-state index in [0.717, 1.165) is 29.7 Å². The predicted octanol–water partition coefficient (Wildman–Crippen LogP) is 3.89. The second kappa shape index (κ2) is 7.61. The van der Waals surface area contributed by atoms with Gasteiger partial charge in [-0.3, -0.25) is 0 Å². The summed E-state index contributed by atoms with van der Waals surface area (Å²) in [7, 11) is 0. The first-order valence-corrected chi connectivity index (χ1v) is 9.06. The Balaban J connectivity index is 1.44. The van der Waals surface area contributed by atoms with Gasteiger partial charge in [0.2, 0.25) is 0 Å². The quantitative estimate of drug-likeness (QED) is 0.721. The lowest BCUT2D eigenvalue weighted by molar-refractivity contribution is 0.191. The molecule has 1 heterocycles. The van der Waals surface area contributed by atoms with Crippen LogP contribution in [0.2, 0.25) is 0 Å². The van der Waals surface area contributed by atoms with Crippen LogP contribution in [0.25, 0.3) is 5.69 Å². The van der Waals surface area contributed by atoms with Gasteiger partial charge >= 0.3 is 6.03 Å². The maximum absolute atomic E-state index is 13.1. The molecule has 3 aromatic rings. The lowest BCUT2D eigenvalue weighted by Gasteiger charge is -2.23. The highest BCUT2D eigenvalue weighted by molar-refractivity contribution is 5.75. The molecule has 138 valence electrons. The van der Waals surface area contributed by atoms with Gasteiger partial charge in [0.15, 0.2) is 0 Å². The third-order valence-electron chi connectivity index (χ3n) is 4.72. The molecule has 6 heteroatoms. The molecule has 1 N–H and O–H groups in total. The van der Waals surface area contributed by atoms with Crippen LogP contribution >= 0.6 is 0 Å². The van der Waals surface area contributed by atoms with Crippen LogP contribution in [-0.2, 0) is 13.1 Å². The number of urea groups is 1. The number of carbonyl (C=O) groups excluding carboxylic acids is 1. The fourth-order valence-electron chi connectivity index (χ4n) is 3.13. The van der Waals surface area contributed by atoms with Crippen LogP contribution in [0.3, 0.4) is 0 Å². The molecule has 1 saturated carbocycles. The number of benzene rings is 2. The summed E-state index contributed by atoms with van der Waals surface area (Å²) in [6.45, 7) is 0.916. The zero-order valence-electron chi connectivity index (χ0n) is 14.9. The molecule has 27 heavy (non-hydrogen) atoms. The summed E-state index contributed by atoms with van der Waals surface area (Å²) in [4.78, 5) is 18.7. The van der Waals surface area contributed by atoms with Crippen molar-refractivity contribution >= 4 is 6.03 Å². The smallest absolute Gasteiger partial charge is 0.318 e. The largest absolute Gasteiger partial charge is 0.334 e. The maximum atomic E-state index is 13.1. The van der Waals surface area contributed by atoms with E-state index in [4.69, 9.17) is 0 Å². The van der Waals surface area contributed by atoms with Gasteiger partial charge in [-0.05, 0) is 42.2 Å². The zero-order valence-corrected chi connectivity index (χ0v) is 14.9. The van der Waals surface area contributed by atoms with E-state index < -0.39 is 0 Å². The Bertz CT molecular complexity index is 904. The number of para-hydroxylation sites is 1. The van der Waals surface area contributed by atoms with Crippen molar-refractivity contribution in [3.05, 3.63) is 84.2 Å². The summed E-state index contributed by atoms with van der Waals surface area (Å²) in [6, 6.07) is 14.4. The lowest BCUT2D eigenvalue weighted by Crippen LogP contribution is -2.40. The molecule has 1 fully saturated rings. The summed E-state index contributed by atoms with van der Waals surface area (Å²) in [5.74, 6) is -0.266. The molecule has 0 spiro atoms. The molecule has 1 aliphatic carbocycles. The van der Waals surface area contributed by atoms with Crippen LogP contribution in [-0.4, -0.2) is 26.5 Å². The van der Waals surface area contributed by atoms with E-state index in [9.17, 15) is 9.18 Å². The maximum Gasteiger partial charge on any atom is 0.318 e. The molecule has 0 bridgehead atoms. The van der Waals surface area contributed by atoms with Gasteiger partial charge in [-0.25, -0.2) is 14.2 Å². The van der Waals surface area contributed by atoms with Crippen LogP contribution in [0.1, 0.15) is 24.0 Å². The first-order chi connectivity index (χ1) is 13.2. The monoisotopic (exact) mass is 364 g/mol. The molecule has 0 atom stereocenters. The fraction of sp³-hybridized carbons (Fsp3) is 0.238. The first kappa shape index (κ1) is 17.3. The second-order valence-corrected chi connectivity index (χ2v) is 6.74. The van der Waals surface area contributed by atoms with Crippen LogP contribution in [0.15, 0.2) is 67.3 Å². The minimum absolute atomic E-state index is 0.0951. The zero-order chi connectivity index (χ0) is 18.6. The number of carbonyl (C=O) groups is 1. The highest BCUT2D eigenvalue weighted by atomic mass is 19.1. The molecule has 2 aromatic carbocycles. The number of hydrogen-bond donors (Lipinski definition) is 1. The van der Waals surface area contributed by atoms with Crippen molar-refractivity contribution in [3.8, 4) is 5.69 Å². The van der Waals surface area contributed by atoms with Crippen LogP contribution in [0.5, 0.6) is 0 Å². The molecule has 1 aliphatic rings. The average molecular weight is 364 g/mol. The topological polar surface area (TPSA) is 50.2 Å². The number of halogens is 1. The van der Waals surface area contributed by atoms with E-state index in [0.29, 0.717) is 13.1 Å². The normalized spacial score (nSPS) is 13.4. The van der Waals surface area contributed by atoms with Gasteiger partial charge in [0, 0.05) is 31.5 Å². The van der Waals surface area contributed by atoms with Gasteiger partial charge in [0.25, 0.3) is 0 Å². The number of imidazole rings is 1. The number of rotatable bonds is 6. The summed E-state index contributed by atoms with van der Waals surface area (Å²) in [5.41, 5.74) is 2.94. The minimum atomic E-state index is -0.266. The van der Waals surface area contributed by atoms with Gasteiger partial charge in [0.05, 0.1) is 12.0 Å². The molecular weight excluding hydrogens is 343 g/mol. The van der Waals surface area contributed by atoms with Crippen molar-refractivity contribution in [3.63, 3.8) is 0 Å². The summed E-state index contributed by atoms with van der Waals surface area (Å²) in [6.07, 6.45) is 7.38. The Morgan fingerprint density at radius 2 is 1.96 bits per heavy atom. The fourth-order valence-corrected chi connectivity index (χ4v) is 3.13. The van der Waals surface area contributed by atoms with Crippen LogP contribution in [0.4, 0.5) is 9.18 Å². The SMILES string of the molecule is O=C(NCc1ccccc1-n1ccnc1)N(Cc1ccc(F)cc1)C1CC1. The Morgan fingerprint density at radius 1 is 1.19 bits per heavy atom. The van der Waals surface area contributed by atoms with E-state index >= 15 is 0 Å². The molecule has 5 nitrogen and oxygen atoms in total. The van der Waals surface area contributed by atoms with Crippen molar-refractivity contribution in [2.45, 2.75) is 32.0 Å². The number of nitrogens with one attached hydrogen (secondary N) is 1. The summed E-state index contributed by atoms with van der Waals surface area (Å²) < 4.78 is 15.0. The second-order valence-electron chi connectivity index (χ2n) is 6.74. The molecule has 0 aliphatic heterocycles. The highest BCUT2D eigenvalue weighted by Crippen LogP contribution is 2.28. The molecule has 0 radical (unpaired) electrons. The van der Waals surface area contributed by atoms with Crippen LogP contribution in [0, 0.1) is 5.82 Å². The van der Waals surface area contributed by atoms with E-state index in [2.05, 4.69) is 10.3 Å². The number of amides is 2. The van der Waals surface area contributed by atoms with Gasteiger partial charge in [-0.2, -0.15) is 0 Å². The Kier molecular flexibility index (Phi) is 4.87. The van der Waals surface area contributed by atoms with Crippen molar-refractivity contribution in [1.82, 2.24) is 19.8 Å². The highest BCUT2D eigenvalue weighted by Gasteiger charge is 2.32. The summed E-state index contributed by atoms with van der Waals surface area (Å²) >= 11 is 0. The lowest BCUT2D eigenvalue weighted by atomic mass is 10.1. The molecule has 0 saturated heterocycles. The third kappa shape index (κ3) is 4.16. The number of hydrogen-bond acceptors (Lipinski definition) is 2. The third-order valence-corrected chi connectivity index (χ3v) is 4.72. The van der Waals surface area contributed by atoms with Crippen molar-refractivity contribution in [1.29, 1.82) is 0 Å². The Morgan fingerprint density at radius 3 is 2.67 bits per heavy atom. The van der Waals surface area contributed by atoms with Gasteiger partial charge < -0.3 is 14.8 Å². The first-order valence-electron chi connectivity index (χ1n) is 9.06. The van der Waals surface area contributed by atoms with Gasteiger partial charge in [-0.1, -0.05) is 30.3 Å². The average Bonchev–Trinajstić information content (AvgIpc) is 3.39. The predicted molar refractivity (Wildman–Crippen MR) is 101 cm³/mol.